The van der Waals surface area contributed by atoms with Crippen LogP contribution in [0.2, 0.25) is 0 Å². The van der Waals surface area contributed by atoms with E-state index in [-0.39, 0.29) is 6.03 Å². The maximum Gasteiger partial charge on any atom is 0.317 e. The highest BCUT2D eigenvalue weighted by Gasteiger charge is 2.27. The fourth-order valence-corrected chi connectivity index (χ4v) is 1.90. The van der Waals surface area contributed by atoms with Gasteiger partial charge < -0.3 is 15.3 Å². The Hall–Kier alpha value is -1.52. The van der Waals surface area contributed by atoms with Gasteiger partial charge >= 0.3 is 12.0 Å². The van der Waals surface area contributed by atoms with E-state index in [0.717, 1.165) is 12.8 Å². The van der Waals surface area contributed by atoms with Gasteiger partial charge in [-0.15, -0.1) is 0 Å². The minimum absolute atomic E-state index is 0.152. The molecule has 1 atom stereocenters. The number of carboxylic acid groups (broad SMARTS) is 1. The SMILES string of the molecule is C/C=C/CCNC(=O)N1CCC[C@@H](C(=O)O)C1. The van der Waals surface area contributed by atoms with Gasteiger partial charge in [0.1, 0.15) is 0 Å². The number of hydrogen-bond donors (Lipinski definition) is 2. The van der Waals surface area contributed by atoms with Gasteiger partial charge in [0, 0.05) is 19.6 Å². The van der Waals surface area contributed by atoms with Gasteiger partial charge in [-0.2, -0.15) is 0 Å². The van der Waals surface area contributed by atoms with Crippen molar-refractivity contribution in [2.45, 2.75) is 26.2 Å². The molecule has 1 aliphatic heterocycles. The zero-order chi connectivity index (χ0) is 12.7. The molecule has 0 unspecified atom stereocenters. The van der Waals surface area contributed by atoms with Crippen molar-refractivity contribution in [2.24, 2.45) is 5.92 Å². The number of nitrogens with one attached hydrogen (secondary N) is 1. The Balaban J connectivity index is 2.33. The first-order chi connectivity index (χ1) is 8.15. The highest BCUT2D eigenvalue weighted by atomic mass is 16.4. The molecule has 0 saturated carbocycles. The van der Waals surface area contributed by atoms with Crippen molar-refractivity contribution in [1.82, 2.24) is 10.2 Å². The van der Waals surface area contributed by atoms with E-state index in [0.29, 0.717) is 26.1 Å². The summed E-state index contributed by atoms with van der Waals surface area (Å²) in [7, 11) is 0. The summed E-state index contributed by atoms with van der Waals surface area (Å²) in [4.78, 5) is 24.2. The van der Waals surface area contributed by atoms with Gasteiger partial charge in [0.05, 0.1) is 5.92 Å². The van der Waals surface area contributed by atoms with Crippen LogP contribution in [0.15, 0.2) is 12.2 Å². The van der Waals surface area contributed by atoms with Gasteiger partial charge in [0.25, 0.3) is 0 Å². The average Bonchev–Trinajstić information content (AvgIpc) is 2.34. The standard InChI is InChI=1S/C12H20N2O3/c1-2-3-4-7-13-12(17)14-8-5-6-10(9-14)11(15)16/h2-3,10H,4-9H2,1H3,(H,13,17)(H,15,16)/b3-2+/t10-/m1/s1. The van der Waals surface area contributed by atoms with E-state index in [2.05, 4.69) is 5.32 Å². The molecule has 0 bridgehead atoms. The van der Waals surface area contributed by atoms with Crippen LogP contribution >= 0.6 is 0 Å². The molecule has 1 aliphatic rings. The van der Waals surface area contributed by atoms with Gasteiger partial charge in [0.2, 0.25) is 0 Å². The van der Waals surface area contributed by atoms with E-state index in [1.807, 2.05) is 19.1 Å². The van der Waals surface area contributed by atoms with Crippen LogP contribution in [0.25, 0.3) is 0 Å². The maximum atomic E-state index is 11.7. The summed E-state index contributed by atoms with van der Waals surface area (Å²) >= 11 is 0. The Bertz CT molecular complexity index is 302. The first kappa shape index (κ1) is 13.5. The number of rotatable bonds is 4. The summed E-state index contributed by atoms with van der Waals surface area (Å²) in [6.07, 6.45) is 6.15. The molecule has 1 saturated heterocycles. The number of urea groups is 1. The molecule has 0 aromatic carbocycles. The summed E-state index contributed by atoms with van der Waals surface area (Å²) in [6, 6.07) is -0.152. The van der Waals surface area contributed by atoms with Crippen LogP contribution in [-0.4, -0.2) is 41.6 Å². The molecule has 2 amide bonds. The van der Waals surface area contributed by atoms with Crippen LogP contribution in [0.1, 0.15) is 26.2 Å². The third kappa shape index (κ3) is 4.46. The van der Waals surface area contributed by atoms with Crippen molar-refractivity contribution in [3.05, 3.63) is 12.2 Å². The number of carboxylic acids is 1. The molecular weight excluding hydrogens is 220 g/mol. The first-order valence-electron chi connectivity index (χ1n) is 6.02. The molecule has 5 heteroatoms. The lowest BCUT2D eigenvalue weighted by molar-refractivity contribution is -0.143. The lowest BCUT2D eigenvalue weighted by atomic mass is 9.99. The van der Waals surface area contributed by atoms with Crippen LogP contribution in [0.3, 0.4) is 0 Å². The van der Waals surface area contributed by atoms with E-state index in [1.165, 1.54) is 0 Å². The molecule has 2 N–H and O–H groups in total. The Morgan fingerprint density at radius 1 is 1.53 bits per heavy atom. The van der Waals surface area contributed by atoms with Crippen LogP contribution in [0.4, 0.5) is 4.79 Å². The monoisotopic (exact) mass is 240 g/mol. The summed E-state index contributed by atoms with van der Waals surface area (Å²) in [5, 5.41) is 11.7. The lowest BCUT2D eigenvalue weighted by Gasteiger charge is -2.30. The minimum atomic E-state index is -0.809. The predicted molar refractivity (Wildman–Crippen MR) is 64.8 cm³/mol. The van der Waals surface area contributed by atoms with Gasteiger partial charge in [-0.25, -0.2) is 4.79 Å². The summed E-state index contributed by atoms with van der Waals surface area (Å²) in [5.41, 5.74) is 0. The Kier molecular flexibility index (Phi) is 5.52. The Morgan fingerprint density at radius 3 is 2.94 bits per heavy atom. The predicted octanol–water partition coefficient (Wildman–Crippen LogP) is 1.46. The van der Waals surface area contributed by atoms with Crippen LogP contribution in [0, 0.1) is 5.92 Å². The van der Waals surface area contributed by atoms with Crippen molar-refractivity contribution in [3.8, 4) is 0 Å². The number of nitrogens with zero attached hydrogens (tertiary/aromatic N) is 1. The average molecular weight is 240 g/mol. The molecule has 0 radical (unpaired) electrons. The second-order valence-corrected chi connectivity index (χ2v) is 4.21. The van der Waals surface area contributed by atoms with Crippen LogP contribution in [-0.2, 0) is 4.79 Å². The van der Waals surface area contributed by atoms with Gasteiger partial charge in [-0.05, 0) is 26.2 Å². The van der Waals surface area contributed by atoms with Crippen molar-refractivity contribution in [3.63, 3.8) is 0 Å². The number of likely N-dealkylation sites (tertiary alicyclic amines) is 1. The molecule has 96 valence electrons. The quantitative estimate of drug-likeness (QED) is 0.577. The van der Waals surface area contributed by atoms with Crippen molar-refractivity contribution in [1.29, 1.82) is 0 Å². The van der Waals surface area contributed by atoms with Crippen LogP contribution < -0.4 is 5.32 Å². The molecule has 5 nitrogen and oxygen atoms in total. The first-order valence-corrected chi connectivity index (χ1v) is 6.02. The second-order valence-electron chi connectivity index (χ2n) is 4.21. The number of amides is 2. The van der Waals surface area contributed by atoms with E-state index in [1.54, 1.807) is 4.90 Å². The fourth-order valence-electron chi connectivity index (χ4n) is 1.90. The number of hydrogen-bond acceptors (Lipinski definition) is 2. The summed E-state index contributed by atoms with van der Waals surface area (Å²) in [5.74, 6) is -1.22. The maximum absolute atomic E-state index is 11.7. The third-order valence-electron chi connectivity index (χ3n) is 2.88. The molecule has 0 aromatic rings. The zero-order valence-corrected chi connectivity index (χ0v) is 10.2. The number of carbonyl (C=O) groups excluding carboxylic acids is 1. The van der Waals surface area contributed by atoms with Gasteiger partial charge in [-0.3, -0.25) is 4.79 Å². The van der Waals surface area contributed by atoms with E-state index >= 15 is 0 Å². The van der Waals surface area contributed by atoms with Crippen molar-refractivity contribution in [2.75, 3.05) is 19.6 Å². The molecular formula is C12H20N2O3. The number of aliphatic carboxylic acids is 1. The third-order valence-corrected chi connectivity index (χ3v) is 2.88. The minimum Gasteiger partial charge on any atom is -0.481 e. The number of allylic oxidation sites excluding steroid dienone is 1. The van der Waals surface area contributed by atoms with Gasteiger partial charge in [0.15, 0.2) is 0 Å². The molecule has 0 aliphatic carbocycles. The summed E-state index contributed by atoms with van der Waals surface area (Å²) in [6.45, 7) is 3.51. The highest BCUT2D eigenvalue weighted by Crippen LogP contribution is 2.16. The fraction of sp³-hybridized carbons (Fsp3) is 0.667. The molecule has 1 fully saturated rings. The molecule has 1 heterocycles. The molecule has 17 heavy (non-hydrogen) atoms. The van der Waals surface area contributed by atoms with E-state index in [9.17, 15) is 9.59 Å². The lowest BCUT2D eigenvalue weighted by Crippen LogP contribution is -2.47. The van der Waals surface area contributed by atoms with Crippen molar-refractivity contribution < 1.29 is 14.7 Å². The summed E-state index contributed by atoms with van der Waals surface area (Å²) < 4.78 is 0. The topological polar surface area (TPSA) is 69.6 Å². The largest absolute Gasteiger partial charge is 0.481 e. The second kappa shape index (κ2) is 6.93. The van der Waals surface area contributed by atoms with E-state index in [4.69, 9.17) is 5.11 Å². The Labute approximate surface area is 101 Å². The van der Waals surface area contributed by atoms with Gasteiger partial charge in [-0.1, -0.05) is 12.2 Å². The molecule has 0 aromatic heterocycles. The zero-order valence-electron chi connectivity index (χ0n) is 10.2. The normalized spacial score (nSPS) is 20.5. The van der Waals surface area contributed by atoms with Crippen molar-refractivity contribution >= 4 is 12.0 Å². The number of carbonyl (C=O) groups is 2. The molecule has 1 rings (SSSR count). The smallest absolute Gasteiger partial charge is 0.317 e. The number of piperidine rings is 1. The highest BCUT2D eigenvalue weighted by molar-refractivity contribution is 5.76. The van der Waals surface area contributed by atoms with E-state index < -0.39 is 11.9 Å². The molecule has 0 spiro atoms. The Morgan fingerprint density at radius 2 is 2.29 bits per heavy atom. The van der Waals surface area contributed by atoms with Crippen LogP contribution in [0.5, 0.6) is 0 Å².